The summed E-state index contributed by atoms with van der Waals surface area (Å²) in [4.78, 5) is 15.9. The Balaban J connectivity index is 2.64. The van der Waals surface area contributed by atoms with Crippen molar-refractivity contribution in [3.8, 4) is 0 Å². The van der Waals surface area contributed by atoms with E-state index < -0.39 is 46.8 Å². The van der Waals surface area contributed by atoms with Crippen molar-refractivity contribution in [1.29, 1.82) is 0 Å². The monoisotopic (exact) mass is 556 g/mol. The Morgan fingerprint density at radius 1 is 1.05 bits per heavy atom. The number of carbonyl (C=O) groups is 1. The summed E-state index contributed by atoms with van der Waals surface area (Å²) in [5.74, 6) is -1.05. The van der Waals surface area contributed by atoms with Gasteiger partial charge in [0.15, 0.2) is 0 Å². The molecule has 0 aliphatic carbocycles. The number of carbonyl (C=O) groups excluding carboxylic acids is 1. The van der Waals surface area contributed by atoms with Gasteiger partial charge in [-0.25, -0.2) is 0 Å². The molecule has 2 rings (SSSR count). The first kappa shape index (κ1) is 34.4. The zero-order chi connectivity index (χ0) is 30.2. The second-order valence-electron chi connectivity index (χ2n) is 14.3. The van der Waals surface area contributed by atoms with E-state index in [0.717, 1.165) is 0 Å². The smallest absolute Gasteiger partial charge is 0.309 e. The summed E-state index contributed by atoms with van der Waals surface area (Å²) >= 11 is 0. The summed E-state index contributed by atoms with van der Waals surface area (Å²) in [5.41, 5.74) is 3.13. The van der Waals surface area contributed by atoms with Crippen LogP contribution in [0.15, 0.2) is 0 Å². The molecule has 0 radical (unpaired) electrons. The molecule has 2 aliphatic rings. The maximum atomic E-state index is 13.8. The molecule has 0 saturated carbocycles. The van der Waals surface area contributed by atoms with E-state index in [-0.39, 0.29) is 41.9 Å². The molecule has 39 heavy (non-hydrogen) atoms. The zero-order valence-electron chi connectivity index (χ0n) is 26.8. The molecule has 230 valence electrons. The average molecular weight is 557 g/mol. The Bertz CT molecular complexity index is 805. The highest BCUT2D eigenvalue weighted by atomic mass is 16.6. The van der Waals surface area contributed by atoms with E-state index in [9.17, 15) is 20.1 Å². The van der Waals surface area contributed by atoms with E-state index in [1.165, 1.54) is 0 Å². The van der Waals surface area contributed by atoms with Crippen LogP contribution in [0.25, 0.3) is 0 Å². The predicted molar refractivity (Wildman–Crippen MR) is 155 cm³/mol. The summed E-state index contributed by atoms with van der Waals surface area (Å²) in [6, 6.07) is -0.483. The highest BCUT2D eigenvalue weighted by molar-refractivity contribution is 5.73. The van der Waals surface area contributed by atoms with E-state index in [1.54, 1.807) is 6.92 Å². The predicted octanol–water partition coefficient (Wildman–Crippen LogP) is 3.59. The summed E-state index contributed by atoms with van der Waals surface area (Å²) in [6.45, 7) is 22.2. The van der Waals surface area contributed by atoms with E-state index in [1.807, 2.05) is 46.6 Å². The van der Waals surface area contributed by atoms with Crippen LogP contribution in [0.3, 0.4) is 0 Å². The molecule has 5 N–H and O–H groups in total. The van der Waals surface area contributed by atoms with E-state index >= 15 is 0 Å². The average Bonchev–Trinajstić information content (AvgIpc) is 2.83. The number of likely N-dealkylation sites (N-methyl/N-ethyl adjacent to an activating group) is 1. The minimum Gasteiger partial charge on any atom is -0.459 e. The molecule has 2 fully saturated rings. The summed E-state index contributed by atoms with van der Waals surface area (Å²) in [6.07, 6.45) is -0.823. The fourth-order valence-electron chi connectivity index (χ4n) is 7.31. The van der Waals surface area contributed by atoms with Crippen molar-refractivity contribution in [2.45, 2.75) is 143 Å². The molecule has 0 aromatic rings. The molecule has 8 nitrogen and oxygen atoms in total. The summed E-state index contributed by atoms with van der Waals surface area (Å²) in [5, 5.41) is 34.8. The van der Waals surface area contributed by atoms with Gasteiger partial charge in [0.25, 0.3) is 0 Å². The van der Waals surface area contributed by atoms with E-state index in [2.05, 4.69) is 34.6 Å². The zero-order valence-corrected chi connectivity index (χ0v) is 26.8. The quantitative estimate of drug-likeness (QED) is 0.380. The number of ether oxygens (including phenoxy) is 2. The van der Waals surface area contributed by atoms with Gasteiger partial charge in [0.2, 0.25) is 0 Å². The second-order valence-corrected chi connectivity index (χ2v) is 14.3. The van der Waals surface area contributed by atoms with Gasteiger partial charge in [0, 0.05) is 24.5 Å². The Morgan fingerprint density at radius 2 is 1.62 bits per heavy atom. The normalized spacial score (nSPS) is 49.5. The minimum atomic E-state index is -1.65. The van der Waals surface area contributed by atoms with Crippen molar-refractivity contribution in [1.82, 2.24) is 4.90 Å². The molecule has 0 spiro atoms. The summed E-state index contributed by atoms with van der Waals surface area (Å²) < 4.78 is 12.5. The molecular formula is C31H60N2O6. The first-order chi connectivity index (χ1) is 17.7. The SMILES string of the molecule is CC[C@H]1OC(=O)[C@H](C)C([C@H]2C[C@H](C)[C@@H](N)[C@H](C)O2)[C@H](C)C(C)(C)[C@](C)(O)C[C@@H](C)CN(C)[C@H](C)[C@@H](O)[C@]1(C)O. The number of aliphatic hydroxyl groups is 3. The van der Waals surface area contributed by atoms with Crippen LogP contribution in [0, 0.1) is 35.0 Å². The van der Waals surface area contributed by atoms with Crippen molar-refractivity contribution in [3.63, 3.8) is 0 Å². The van der Waals surface area contributed by atoms with Crippen molar-refractivity contribution >= 4 is 5.97 Å². The molecular weight excluding hydrogens is 496 g/mol. The molecule has 2 heterocycles. The van der Waals surface area contributed by atoms with Gasteiger partial charge in [-0.1, -0.05) is 48.5 Å². The number of nitrogens with two attached hydrogens (primary N) is 1. The standard InChI is InChI=1S/C31H60N2O6/c1-13-24-31(11,37)27(34)21(6)33(12)16-17(2)15-30(10,36)29(8,9)20(5)25(19(4)28(35)39-24)23-14-18(3)26(32)22(7)38-23/h17-27,34,36-37H,13-16,32H2,1-12H3/t17-,18+,19-,20+,21-,22+,23-,24-,25?,26-,27-,30-,31-/m1/s1. The molecule has 2 aliphatic heterocycles. The van der Waals surface area contributed by atoms with Crippen molar-refractivity contribution < 1.29 is 29.6 Å². The van der Waals surface area contributed by atoms with Gasteiger partial charge < -0.3 is 35.4 Å². The lowest BCUT2D eigenvalue weighted by atomic mass is 9.58. The van der Waals surface area contributed by atoms with Gasteiger partial charge in [-0.3, -0.25) is 4.79 Å². The van der Waals surface area contributed by atoms with Gasteiger partial charge in [-0.05, 0) is 77.2 Å². The van der Waals surface area contributed by atoms with E-state index in [0.29, 0.717) is 25.8 Å². The Kier molecular flexibility index (Phi) is 11.1. The number of hydrogen-bond acceptors (Lipinski definition) is 8. The van der Waals surface area contributed by atoms with Gasteiger partial charge >= 0.3 is 5.97 Å². The van der Waals surface area contributed by atoms with Crippen LogP contribution in [0.2, 0.25) is 0 Å². The fraction of sp³-hybridized carbons (Fsp3) is 0.968. The number of hydrogen-bond donors (Lipinski definition) is 4. The fourth-order valence-corrected chi connectivity index (χ4v) is 7.31. The topological polar surface area (TPSA) is 125 Å². The number of aliphatic hydroxyl groups excluding tert-OH is 1. The number of cyclic esters (lactones) is 1. The minimum absolute atomic E-state index is 0.0851. The number of esters is 1. The molecule has 2 saturated heterocycles. The maximum absolute atomic E-state index is 13.8. The molecule has 8 heteroatoms. The molecule has 0 amide bonds. The van der Waals surface area contributed by atoms with E-state index in [4.69, 9.17) is 15.2 Å². The lowest BCUT2D eigenvalue weighted by molar-refractivity contribution is -0.197. The highest BCUT2D eigenvalue weighted by Crippen LogP contribution is 2.49. The van der Waals surface area contributed by atoms with Crippen molar-refractivity contribution in [3.05, 3.63) is 0 Å². The first-order valence-corrected chi connectivity index (χ1v) is 15.1. The van der Waals surface area contributed by atoms with Crippen LogP contribution in [-0.2, 0) is 14.3 Å². The van der Waals surface area contributed by atoms with Crippen LogP contribution in [0.5, 0.6) is 0 Å². The lowest BCUT2D eigenvalue weighted by Crippen LogP contribution is -2.59. The maximum Gasteiger partial charge on any atom is 0.309 e. The Morgan fingerprint density at radius 3 is 2.13 bits per heavy atom. The molecule has 0 aromatic heterocycles. The number of rotatable bonds is 2. The highest BCUT2D eigenvalue weighted by Gasteiger charge is 2.53. The second kappa shape index (κ2) is 12.6. The molecule has 1 unspecified atom stereocenters. The Labute approximate surface area is 238 Å². The molecule has 0 bridgehead atoms. The molecule has 0 aromatic carbocycles. The van der Waals surface area contributed by atoms with Crippen LogP contribution in [-0.4, -0.2) is 87.5 Å². The first-order valence-electron chi connectivity index (χ1n) is 15.1. The van der Waals surface area contributed by atoms with Crippen LogP contribution in [0.4, 0.5) is 0 Å². The number of nitrogens with zero attached hydrogens (tertiary/aromatic N) is 1. The third kappa shape index (κ3) is 7.00. The van der Waals surface area contributed by atoms with Crippen LogP contribution >= 0.6 is 0 Å². The summed E-state index contributed by atoms with van der Waals surface area (Å²) in [7, 11) is 1.92. The third-order valence-electron chi connectivity index (χ3n) is 11.1. The van der Waals surface area contributed by atoms with Gasteiger partial charge in [0.05, 0.1) is 23.7 Å². The van der Waals surface area contributed by atoms with Gasteiger partial charge in [-0.2, -0.15) is 0 Å². The Hall–Kier alpha value is -0.770. The lowest BCUT2D eigenvalue weighted by Gasteiger charge is -2.52. The molecule has 13 atom stereocenters. The van der Waals surface area contributed by atoms with Crippen LogP contribution < -0.4 is 5.73 Å². The third-order valence-corrected chi connectivity index (χ3v) is 11.1. The van der Waals surface area contributed by atoms with Crippen molar-refractivity contribution in [2.24, 2.45) is 40.7 Å². The van der Waals surface area contributed by atoms with Crippen LogP contribution in [0.1, 0.15) is 95.4 Å². The largest absolute Gasteiger partial charge is 0.459 e. The van der Waals surface area contributed by atoms with Gasteiger partial charge in [-0.15, -0.1) is 0 Å². The van der Waals surface area contributed by atoms with Gasteiger partial charge in [0.1, 0.15) is 17.8 Å². The van der Waals surface area contributed by atoms with Crippen molar-refractivity contribution in [2.75, 3.05) is 13.6 Å².